The SMILES string of the molecule is CCOC(=O)c1coc(Oc2cc3c(cc2C)CCC3(C)C)n1. The summed E-state index contributed by atoms with van der Waals surface area (Å²) in [5, 5.41) is 0. The molecule has 0 saturated carbocycles. The maximum Gasteiger partial charge on any atom is 0.399 e. The normalized spacial score (nSPS) is 15.3. The number of hydrogen-bond acceptors (Lipinski definition) is 5. The molecule has 0 aliphatic heterocycles. The van der Waals surface area contributed by atoms with Crippen molar-refractivity contribution in [1.82, 2.24) is 4.98 Å². The van der Waals surface area contributed by atoms with Gasteiger partial charge >= 0.3 is 12.0 Å². The van der Waals surface area contributed by atoms with Gasteiger partial charge in [0.2, 0.25) is 0 Å². The second-order valence-electron chi connectivity index (χ2n) is 6.48. The van der Waals surface area contributed by atoms with Crippen molar-refractivity contribution < 1.29 is 18.7 Å². The molecular formula is C18H21NO4. The fourth-order valence-electron chi connectivity index (χ4n) is 2.97. The summed E-state index contributed by atoms with van der Waals surface area (Å²) in [4.78, 5) is 15.6. The minimum absolute atomic E-state index is 0.0481. The number of rotatable bonds is 4. The number of benzene rings is 1. The van der Waals surface area contributed by atoms with Crippen molar-refractivity contribution in [1.29, 1.82) is 0 Å². The molecule has 5 heteroatoms. The van der Waals surface area contributed by atoms with E-state index in [-0.39, 0.29) is 17.2 Å². The van der Waals surface area contributed by atoms with Gasteiger partial charge in [-0.15, -0.1) is 0 Å². The van der Waals surface area contributed by atoms with E-state index in [1.54, 1.807) is 6.92 Å². The van der Waals surface area contributed by atoms with Crippen LogP contribution in [0.25, 0.3) is 0 Å². The Labute approximate surface area is 135 Å². The average molecular weight is 315 g/mol. The summed E-state index contributed by atoms with van der Waals surface area (Å²) in [5.74, 6) is 0.189. The topological polar surface area (TPSA) is 61.6 Å². The van der Waals surface area contributed by atoms with E-state index in [9.17, 15) is 4.79 Å². The van der Waals surface area contributed by atoms with Gasteiger partial charge in [-0.25, -0.2) is 4.79 Å². The van der Waals surface area contributed by atoms with Gasteiger partial charge < -0.3 is 13.9 Å². The molecule has 1 aliphatic carbocycles. The molecule has 2 aromatic rings. The first kappa shape index (κ1) is 15.6. The van der Waals surface area contributed by atoms with Gasteiger partial charge in [0.1, 0.15) is 12.0 Å². The third-order valence-corrected chi connectivity index (χ3v) is 4.31. The van der Waals surface area contributed by atoms with Gasteiger partial charge in [0.15, 0.2) is 5.69 Å². The third-order valence-electron chi connectivity index (χ3n) is 4.31. The molecule has 0 unspecified atom stereocenters. The van der Waals surface area contributed by atoms with Crippen molar-refractivity contribution in [3.05, 3.63) is 40.8 Å². The highest BCUT2D eigenvalue weighted by molar-refractivity contribution is 5.86. The van der Waals surface area contributed by atoms with Crippen LogP contribution >= 0.6 is 0 Å². The highest BCUT2D eigenvalue weighted by Crippen LogP contribution is 2.41. The van der Waals surface area contributed by atoms with Crippen molar-refractivity contribution >= 4 is 5.97 Å². The monoisotopic (exact) mass is 315 g/mol. The number of aryl methyl sites for hydroxylation is 2. The van der Waals surface area contributed by atoms with Crippen LogP contribution in [0.5, 0.6) is 11.8 Å². The summed E-state index contributed by atoms with van der Waals surface area (Å²) in [5.41, 5.74) is 3.96. The zero-order valence-corrected chi connectivity index (χ0v) is 13.9. The lowest BCUT2D eigenvalue weighted by molar-refractivity contribution is 0.0519. The first-order valence-electron chi connectivity index (χ1n) is 7.85. The molecule has 5 nitrogen and oxygen atoms in total. The van der Waals surface area contributed by atoms with Crippen molar-refractivity contribution in [2.75, 3.05) is 6.61 Å². The summed E-state index contributed by atoms with van der Waals surface area (Å²) in [6, 6.07) is 4.22. The Kier molecular flexibility index (Phi) is 3.88. The minimum atomic E-state index is -0.516. The van der Waals surface area contributed by atoms with Crippen LogP contribution in [0.4, 0.5) is 0 Å². The van der Waals surface area contributed by atoms with E-state index in [0.717, 1.165) is 18.4 Å². The van der Waals surface area contributed by atoms with Gasteiger partial charge in [-0.2, -0.15) is 4.98 Å². The molecule has 0 spiro atoms. The third kappa shape index (κ3) is 2.96. The van der Waals surface area contributed by atoms with E-state index in [1.807, 2.05) is 6.92 Å². The summed E-state index contributed by atoms with van der Waals surface area (Å²) in [6.07, 6.45) is 3.53. The van der Waals surface area contributed by atoms with Crippen LogP contribution in [0.1, 0.15) is 54.4 Å². The Morgan fingerprint density at radius 1 is 1.39 bits per heavy atom. The number of esters is 1. The lowest BCUT2D eigenvalue weighted by atomic mass is 9.86. The second-order valence-corrected chi connectivity index (χ2v) is 6.48. The smallest absolute Gasteiger partial charge is 0.399 e. The van der Waals surface area contributed by atoms with Crippen LogP contribution in [-0.4, -0.2) is 17.6 Å². The molecule has 0 amide bonds. The van der Waals surface area contributed by atoms with Gasteiger partial charge in [0.25, 0.3) is 0 Å². The number of hydrogen-bond donors (Lipinski definition) is 0. The number of ether oxygens (including phenoxy) is 2. The molecule has 3 rings (SSSR count). The molecule has 0 N–H and O–H groups in total. The highest BCUT2D eigenvalue weighted by atomic mass is 16.6. The molecule has 0 bridgehead atoms. The predicted molar refractivity (Wildman–Crippen MR) is 85.1 cm³/mol. The first-order chi connectivity index (χ1) is 10.9. The van der Waals surface area contributed by atoms with Crippen molar-refractivity contribution in [2.24, 2.45) is 0 Å². The van der Waals surface area contributed by atoms with Gasteiger partial charge in [-0.3, -0.25) is 0 Å². The molecule has 23 heavy (non-hydrogen) atoms. The van der Waals surface area contributed by atoms with Crippen molar-refractivity contribution in [3.63, 3.8) is 0 Å². The van der Waals surface area contributed by atoms with E-state index in [4.69, 9.17) is 13.9 Å². The molecule has 122 valence electrons. The number of carbonyl (C=O) groups excluding carboxylic acids is 1. The maximum atomic E-state index is 11.6. The number of nitrogens with zero attached hydrogens (tertiary/aromatic N) is 1. The number of carbonyl (C=O) groups is 1. The molecule has 1 aromatic heterocycles. The van der Waals surface area contributed by atoms with Crippen LogP contribution in [0.3, 0.4) is 0 Å². The summed E-state index contributed by atoms with van der Waals surface area (Å²) in [7, 11) is 0. The molecule has 0 fully saturated rings. The molecule has 0 atom stereocenters. The Bertz CT molecular complexity index is 745. The van der Waals surface area contributed by atoms with Crippen molar-refractivity contribution in [3.8, 4) is 11.8 Å². The lowest BCUT2D eigenvalue weighted by Crippen LogP contribution is -2.12. The second kappa shape index (κ2) is 5.72. The van der Waals surface area contributed by atoms with Crippen LogP contribution in [0.2, 0.25) is 0 Å². The van der Waals surface area contributed by atoms with Crippen LogP contribution in [0.15, 0.2) is 22.8 Å². The fourth-order valence-corrected chi connectivity index (χ4v) is 2.97. The fraction of sp³-hybridized carbons (Fsp3) is 0.444. The lowest BCUT2D eigenvalue weighted by Gasteiger charge is -2.20. The largest absolute Gasteiger partial charge is 0.461 e. The standard InChI is InChI=1S/C18H21NO4/c1-5-21-16(20)14-10-22-17(19-14)23-15-9-13-12(8-11(15)2)6-7-18(13,3)4/h8-10H,5-7H2,1-4H3. The van der Waals surface area contributed by atoms with E-state index < -0.39 is 5.97 Å². The van der Waals surface area contributed by atoms with Crippen LogP contribution < -0.4 is 4.74 Å². The Hall–Kier alpha value is -2.30. The molecule has 0 saturated heterocycles. The summed E-state index contributed by atoms with van der Waals surface area (Å²) >= 11 is 0. The van der Waals surface area contributed by atoms with Gasteiger partial charge in [0.05, 0.1) is 6.61 Å². The number of fused-ring (bicyclic) bond motifs is 1. The molecular weight excluding hydrogens is 294 g/mol. The zero-order chi connectivity index (χ0) is 16.6. The van der Waals surface area contributed by atoms with E-state index in [1.165, 1.54) is 17.4 Å². The number of oxazole rings is 1. The molecule has 1 heterocycles. The highest BCUT2D eigenvalue weighted by Gasteiger charge is 2.30. The van der Waals surface area contributed by atoms with Crippen LogP contribution in [-0.2, 0) is 16.6 Å². The van der Waals surface area contributed by atoms with Gasteiger partial charge in [-0.1, -0.05) is 19.9 Å². The minimum Gasteiger partial charge on any atom is -0.461 e. The Balaban J connectivity index is 1.85. The van der Waals surface area contributed by atoms with E-state index in [0.29, 0.717) is 12.4 Å². The predicted octanol–water partition coefficient (Wildman–Crippen LogP) is 4.18. The summed E-state index contributed by atoms with van der Waals surface area (Å²) in [6.45, 7) is 8.51. The first-order valence-corrected chi connectivity index (χ1v) is 7.85. The summed E-state index contributed by atoms with van der Waals surface area (Å²) < 4.78 is 15.9. The molecule has 0 radical (unpaired) electrons. The van der Waals surface area contributed by atoms with E-state index in [2.05, 4.69) is 31.0 Å². The maximum absolute atomic E-state index is 11.6. The van der Waals surface area contributed by atoms with Crippen LogP contribution in [0, 0.1) is 6.92 Å². The molecule has 1 aromatic carbocycles. The molecule has 1 aliphatic rings. The Morgan fingerprint density at radius 2 is 2.17 bits per heavy atom. The van der Waals surface area contributed by atoms with Gasteiger partial charge in [-0.05, 0) is 54.9 Å². The average Bonchev–Trinajstić information content (AvgIpc) is 3.06. The quantitative estimate of drug-likeness (QED) is 0.792. The van der Waals surface area contributed by atoms with E-state index >= 15 is 0 Å². The van der Waals surface area contributed by atoms with Gasteiger partial charge in [0, 0.05) is 0 Å². The van der Waals surface area contributed by atoms with Crippen molar-refractivity contribution in [2.45, 2.75) is 46.0 Å². The number of aromatic nitrogens is 1. The Morgan fingerprint density at radius 3 is 2.91 bits per heavy atom. The zero-order valence-electron chi connectivity index (χ0n) is 13.9.